The first-order valence-electron chi connectivity index (χ1n) is 4.80. The van der Waals surface area contributed by atoms with E-state index in [2.05, 4.69) is 29.8 Å². The van der Waals surface area contributed by atoms with Crippen LogP contribution in [0.25, 0.3) is 0 Å². The molecule has 0 aliphatic heterocycles. The molecule has 1 aromatic rings. The normalized spacial score (nSPS) is 15.1. The molecule has 0 spiro atoms. The second kappa shape index (κ2) is 4.80. The lowest BCUT2D eigenvalue weighted by atomic mass is 9.93. The van der Waals surface area contributed by atoms with E-state index >= 15 is 0 Å². The Hall–Kier alpha value is -0.540. The molecular formula is C11H16BrNO. The molecule has 3 N–H and O–H groups in total. The molecule has 3 heteroatoms. The number of phenolic OH excluding ortho intramolecular Hbond substituents is 1. The third-order valence-corrected chi connectivity index (χ3v) is 3.10. The van der Waals surface area contributed by atoms with Crippen molar-refractivity contribution in [2.24, 2.45) is 11.7 Å². The summed E-state index contributed by atoms with van der Waals surface area (Å²) in [5.41, 5.74) is 6.85. The highest BCUT2D eigenvalue weighted by molar-refractivity contribution is 9.10. The van der Waals surface area contributed by atoms with Crippen molar-refractivity contribution in [2.45, 2.75) is 26.3 Å². The molecule has 78 valence electrons. The number of nitrogens with two attached hydrogens (primary N) is 1. The molecule has 2 unspecified atom stereocenters. The van der Waals surface area contributed by atoms with Gasteiger partial charge in [0, 0.05) is 16.1 Å². The largest absolute Gasteiger partial charge is 0.508 e. The van der Waals surface area contributed by atoms with E-state index in [1.165, 1.54) is 0 Å². The van der Waals surface area contributed by atoms with Gasteiger partial charge in [0.1, 0.15) is 5.75 Å². The molecule has 14 heavy (non-hydrogen) atoms. The molecule has 2 atom stereocenters. The Bertz CT molecular complexity index is 314. The Morgan fingerprint density at radius 2 is 2.14 bits per heavy atom. The first-order valence-corrected chi connectivity index (χ1v) is 5.59. The summed E-state index contributed by atoms with van der Waals surface area (Å²) in [5, 5.41) is 9.65. The van der Waals surface area contributed by atoms with Gasteiger partial charge in [0.2, 0.25) is 0 Å². The highest BCUT2D eigenvalue weighted by Gasteiger charge is 2.16. The minimum Gasteiger partial charge on any atom is -0.508 e. The van der Waals surface area contributed by atoms with Crippen molar-refractivity contribution in [3.8, 4) is 5.75 Å². The Kier molecular flexibility index (Phi) is 3.96. The fraction of sp³-hybridized carbons (Fsp3) is 0.455. The summed E-state index contributed by atoms with van der Waals surface area (Å²) in [4.78, 5) is 0. The Balaban J connectivity index is 2.99. The van der Waals surface area contributed by atoms with Crippen LogP contribution in [0.2, 0.25) is 0 Å². The predicted molar refractivity (Wildman–Crippen MR) is 62.2 cm³/mol. The number of hydrogen-bond acceptors (Lipinski definition) is 2. The minimum atomic E-state index is -0.0995. The van der Waals surface area contributed by atoms with Gasteiger partial charge in [-0.3, -0.25) is 0 Å². The van der Waals surface area contributed by atoms with Gasteiger partial charge in [-0.2, -0.15) is 0 Å². The molecule has 1 aromatic carbocycles. The quantitative estimate of drug-likeness (QED) is 0.874. The fourth-order valence-electron chi connectivity index (χ4n) is 1.35. The van der Waals surface area contributed by atoms with Crippen LogP contribution in [0, 0.1) is 5.92 Å². The Morgan fingerprint density at radius 3 is 2.71 bits per heavy atom. The average molecular weight is 258 g/mol. The Morgan fingerprint density at radius 1 is 1.50 bits per heavy atom. The minimum absolute atomic E-state index is 0.0995. The number of benzene rings is 1. The molecule has 0 heterocycles. The highest BCUT2D eigenvalue weighted by atomic mass is 79.9. The maximum atomic E-state index is 9.65. The first-order chi connectivity index (χ1) is 6.56. The van der Waals surface area contributed by atoms with E-state index in [1.807, 2.05) is 12.1 Å². The lowest BCUT2D eigenvalue weighted by Crippen LogP contribution is -2.18. The summed E-state index contributed by atoms with van der Waals surface area (Å²) >= 11 is 3.37. The predicted octanol–water partition coefficient (Wildman–Crippen LogP) is 3.20. The van der Waals surface area contributed by atoms with Crippen LogP contribution in [0.15, 0.2) is 22.7 Å². The van der Waals surface area contributed by atoms with Gasteiger partial charge in [-0.1, -0.05) is 36.2 Å². The zero-order valence-electron chi connectivity index (χ0n) is 8.50. The summed E-state index contributed by atoms with van der Waals surface area (Å²) in [6.07, 6.45) is 1.01. The second-order valence-corrected chi connectivity index (χ2v) is 4.53. The number of hydrogen-bond donors (Lipinski definition) is 2. The van der Waals surface area contributed by atoms with Gasteiger partial charge in [0.05, 0.1) is 0 Å². The van der Waals surface area contributed by atoms with E-state index in [0.29, 0.717) is 5.92 Å². The maximum absolute atomic E-state index is 9.65. The fourth-order valence-corrected chi connectivity index (χ4v) is 1.73. The van der Waals surface area contributed by atoms with Gasteiger partial charge in [-0.05, 0) is 24.1 Å². The summed E-state index contributed by atoms with van der Waals surface area (Å²) in [6.45, 7) is 4.19. The van der Waals surface area contributed by atoms with Crippen LogP contribution in [-0.2, 0) is 0 Å². The number of phenols is 1. The van der Waals surface area contributed by atoms with E-state index in [4.69, 9.17) is 5.73 Å². The van der Waals surface area contributed by atoms with E-state index < -0.39 is 0 Å². The third kappa shape index (κ3) is 2.49. The molecule has 0 aliphatic rings. The SMILES string of the molecule is CCC(C)C(N)c1cc(Br)ccc1O. The van der Waals surface area contributed by atoms with Gasteiger partial charge in [-0.25, -0.2) is 0 Å². The molecular weight excluding hydrogens is 242 g/mol. The number of aromatic hydroxyl groups is 1. The standard InChI is InChI=1S/C11H16BrNO/c1-3-7(2)11(13)9-6-8(12)4-5-10(9)14/h4-7,11,14H,3,13H2,1-2H3. The van der Waals surface area contributed by atoms with E-state index in [-0.39, 0.29) is 11.8 Å². The van der Waals surface area contributed by atoms with Gasteiger partial charge >= 0.3 is 0 Å². The van der Waals surface area contributed by atoms with Crippen LogP contribution in [0.4, 0.5) is 0 Å². The van der Waals surface area contributed by atoms with E-state index in [0.717, 1.165) is 16.5 Å². The molecule has 0 aromatic heterocycles. The monoisotopic (exact) mass is 257 g/mol. The molecule has 0 bridgehead atoms. The van der Waals surface area contributed by atoms with E-state index in [1.54, 1.807) is 6.07 Å². The van der Waals surface area contributed by atoms with Crippen molar-refractivity contribution < 1.29 is 5.11 Å². The van der Waals surface area contributed by atoms with Crippen LogP contribution < -0.4 is 5.73 Å². The van der Waals surface area contributed by atoms with Crippen molar-refractivity contribution in [2.75, 3.05) is 0 Å². The van der Waals surface area contributed by atoms with E-state index in [9.17, 15) is 5.11 Å². The summed E-state index contributed by atoms with van der Waals surface area (Å²) in [7, 11) is 0. The van der Waals surface area contributed by atoms with Gasteiger partial charge < -0.3 is 10.8 Å². The van der Waals surface area contributed by atoms with Gasteiger partial charge in [0.15, 0.2) is 0 Å². The number of halogens is 1. The summed E-state index contributed by atoms with van der Waals surface area (Å²) in [6, 6.07) is 5.26. The smallest absolute Gasteiger partial charge is 0.120 e. The lowest BCUT2D eigenvalue weighted by Gasteiger charge is -2.19. The van der Waals surface area contributed by atoms with Crippen LogP contribution in [-0.4, -0.2) is 5.11 Å². The van der Waals surface area contributed by atoms with Crippen LogP contribution >= 0.6 is 15.9 Å². The second-order valence-electron chi connectivity index (χ2n) is 3.61. The van der Waals surface area contributed by atoms with Crippen LogP contribution in [0.1, 0.15) is 31.9 Å². The Labute approximate surface area is 93.3 Å². The van der Waals surface area contributed by atoms with Crippen molar-refractivity contribution in [1.82, 2.24) is 0 Å². The van der Waals surface area contributed by atoms with Crippen molar-refractivity contribution >= 4 is 15.9 Å². The molecule has 0 saturated heterocycles. The van der Waals surface area contributed by atoms with Crippen LogP contribution in [0.5, 0.6) is 5.75 Å². The number of rotatable bonds is 3. The maximum Gasteiger partial charge on any atom is 0.120 e. The molecule has 1 rings (SSSR count). The summed E-state index contributed by atoms with van der Waals surface area (Å²) in [5.74, 6) is 0.649. The zero-order valence-corrected chi connectivity index (χ0v) is 10.1. The molecule has 2 nitrogen and oxygen atoms in total. The molecule has 0 radical (unpaired) electrons. The first kappa shape index (κ1) is 11.5. The summed E-state index contributed by atoms with van der Waals surface area (Å²) < 4.78 is 0.948. The third-order valence-electron chi connectivity index (χ3n) is 2.61. The molecule has 0 aliphatic carbocycles. The van der Waals surface area contributed by atoms with Crippen LogP contribution in [0.3, 0.4) is 0 Å². The topological polar surface area (TPSA) is 46.2 Å². The van der Waals surface area contributed by atoms with Crippen molar-refractivity contribution in [3.63, 3.8) is 0 Å². The molecule has 0 saturated carbocycles. The lowest BCUT2D eigenvalue weighted by molar-refractivity contribution is 0.419. The average Bonchev–Trinajstić information content (AvgIpc) is 2.19. The van der Waals surface area contributed by atoms with Gasteiger partial charge in [-0.15, -0.1) is 0 Å². The zero-order chi connectivity index (χ0) is 10.7. The van der Waals surface area contributed by atoms with Gasteiger partial charge in [0.25, 0.3) is 0 Å². The van der Waals surface area contributed by atoms with Crippen molar-refractivity contribution in [1.29, 1.82) is 0 Å². The molecule has 0 amide bonds. The van der Waals surface area contributed by atoms with Crippen molar-refractivity contribution in [3.05, 3.63) is 28.2 Å². The molecule has 0 fully saturated rings. The highest BCUT2D eigenvalue weighted by Crippen LogP contribution is 2.31.